The molecule has 2 aromatic rings. The van der Waals surface area contributed by atoms with Gasteiger partial charge in [-0.2, -0.15) is 0 Å². The Kier molecular flexibility index (Phi) is 3.39. The Bertz CT molecular complexity index is 756. The molecule has 0 aromatic heterocycles. The molecular formula is C16H12O4. The van der Waals surface area contributed by atoms with Gasteiger partial charge in [-0.05, 0) is 28.0 Å². The average Bonchev–Trinajstić information content (AvgIpc) is 2.44. The van der Waals surface area contributed by atoms with E-state index in [0.717, 1.165) is 5.39 Å². The van der Waals surface area contributed by atoms with Crippen LogP contribution in [0.25, 0.3) is 21.9 Å². The molecule has 4 nitrogen and oxygen atoms in total. The van der Waals surface area contributed by atoms with Gasteiger partial charge in [0, 0.05) is 0 Å². The van der Waals surface area contributed by atoms with E-state index in [1.807, 2.05) is 0 Å². The third-order valence-corrected chi connectivity index (χ3v) is 3.07. The number of carboxylic acids is 2. The first-order chi connectivity index (χ1) is 9.41. The maximum Gasteiger partial charge on any atom is 0.335 e. The first-order valence-corrected chi connectivity index (χ1v) is 5.79. The molecule has 2 N–H and O–H groups in total. The first-order valence-electron chi connectivity index (χ1n) is 5.79. The number of hydrogen-bond acceptors (Lipinski definition) is 2. The lowest BCUT2D eigenvalue weighted by Crippen LogP contribution is -2.00. The van der Waals surface area contributed by atoms with Gasteiger partial charge in [0.2, 0.25) is 0 Å². The molecule has 0 saturated heterocycles. The van der Waals surface area contributed by atoms with Crippen LogP contribution in [0.1, 0.15) is 11.1 Å². The van der Waals surface area contributed by atoms with E-state index < -0.39 is 11.9 Å². The van der Waals surface area contributed by atoms with Crippen molar-refractivity contribution in [3.63, 3.8) is 0 Å². The van der Waals surface area contributed by atoms with Crippen LogP contribution in [0.4, 0.5) is 0 Å². The number of aliphatic carboxylic acids is 2. The molecule has 0 heterocycles. The molecule has 0 unspecified atom stereocenters. The number of fused-ring (bicyclic) bond motifs is 1. The molecule has 0 radical (unpaired) electrons. The van der Waals surface area contributed by atoms with Gasteiger partial charge in [0.15, 0.2) is 0 Å². The van der Waals surface area contributed by atoms with E-state index in [9.17, 15) is 9.59 Å². The second kappa shape index (κ2) is 5.01. The zero-order valence-electron chi connectivity index (χ0n) is 10.6. The average molecular weight is 268 g/mol. The fourth-order valence-corrected chi connectivity index (χ4v) is 1.97. The van der Waals surface area contributed by atoms with E-state index in [-0.39, 0.29) is 11.1 Å². The Balaban J connectivity index is 2.62. The van der Waals surface area contributed by atoms with Gasteiger partial charge >= 0.3 is 11.9 Å². The van der Waals surface area contributed by atoms with Gasteiger partial charge in [-0.3, -0.25) is 0 Å². The highest BCUT2D eigenvalue weighted by Crippen LogP contribution is 2.27. The topological polar surface area (TPSA) is 74.6 Å². The Morgan fingerprint density at radius 2 is 1.55 bits per heavy atom. The molecule has 2 aromatic carbocycles. The van der Waals surface area contributed by atoms with Crippen molar-refractivity contribution in [2.75, 3.05) is 0 Å². The maximum absolute atomic E-state index is 11.0. The van der Waals surface area contributed by atoms with Crippen molar-refractivity contribution >= 4 is 33.9 Å². The molecule has 0 aliphatic rings. The monoisotopic (exact) mass is 268 g/mol. The van der Waals surface area contributed by atoms with Crippen molar-refractivity contribution in [2.45, 2.75) is 0 Å². The predicted octanol–water partition coefficient (Wildman–Crippen LogP) is 3.04. The number of carbonyl (C=O) groups is 2. The van der Waals surface area contributed by atoms with Crippen molar-refractivity contribution in [1.29, 1.82) is 0 Å². The second-order valence-corrected chi connectivity index (χ2v) is 4.31. The van der Waals surface area contributed by atoms with Crippen LogP contribution in [-0.2, 0) is 9.59 Å². The Hall–Kier alpha value is -2.88. The van der Waals surface area contributed by atoms with Gasteiger partial charge < -0.3 is 10.2 Å². The van der Waals surface area contributed by atoms with Crippen LogP contribution < -0.4 is 0 Å². The van der Waals surface area contributed by atoms with Crippen LogP contribution in [-0.4, -0.2) is 22.2 Å². The zero-order valence-corrected chi connectivity index (χ0v) is 10.6. The van der Waals surface area contributed by atoms with Crippen LogP contribution in [0.15, 0.2) is 49.6 Å². The number of rotatable bonds is 4. The fourth-order valence-electron chi connectivity index (χ4n) is 1.97. The third-order valence-electron chi connectivity index (χ3n) is 3.07. The minimum absolute atomic E-state index is 0.000381. The number of benzene rings is 2. The van der Waals surface area contributed by atoms with E-state index in [0.29, 0.717) is 16.5 Å². The minimum Gasteiger partial charge on any atom is -0.478 e. The zero-order chi connectivity index (χ0) is 14.9. The molecular weight excluding hydrogens is 256 g/mol. The van der Waals surface area contributed by atoms with E-state index in [1.54, 1.807) is 36.4 Å². The van der Waals surface area contributed by atoms with E-state index in [2.05, 4.69) is 13.2 Å². The molecule has 4 heteroatoms. The molecule has 0 aliphatic carbocycles. The van der Waals surface area contributed by atoms with Crippen molar-refractivity contribution in [3.05, 3.63) is 60.7 Å². The fraction of sp³-hybridized carbons (Fsp3) is 0. The summed E-state index contributed by atoms with van der Waals surface area (Å²) in [6, 6.07) is 10.1. The quantitative estimate of drug-likeness (QED) is 0.836. The van der Waals surface area contributed by atoms with Gasteiger partial charge in [0.25, 0.3) is 0 Å². The summed E-state index contributed by atoms with van der Waals surface area (Å²) < 4.78 is 0. The van der Waals surface area contributed by atoms with Crippen molar-refractivity contribution in [2.24, 2.45) is 0 Å². The summed E-state index contributed by atoms with van der Waals surface area (Å²) in [4.78, 5) is 21.9. The van der Waals surface area contributed by atoms with Gasteiger partial charge in [-0.25, -0.2) is 9.59 Å². The Morgan fingerprint density at radius 3 is 2.15 bits per heavy atom. The van der Waals surface area contributed by atoms with Gasteiger partial charge in [-0.15, -0.1) is 0 Å². The van der Waals surface area contributed by atoms with E-state index in [4.69, 9.17) is 10.2 Å². The summed E-state index contributed by atoms with van der Waals surface area (Å²) in [7, 11) is 0. The molecule has 2 rings (SSSR count). The van der Waals surface area contributed by atoms with Crippen molar-refractivity contribution in [1.82, 2.24) is 0 Å². The van der Waals surface area contributed by atoms with Crippen molar-refractivity contribution < 1.29 is 19.8 Å². The number of hydrogen-bond donors (Lipinski definition) is 2. The van der Waals surface area contributed by atoms with Crippen LogP contribution in [0.3, 0.4) is 0 Å². The van der Waals surface area contributed by atoms with Gasteiger partial charge in [0.05, 0.1) is 11.1 Å². The summed E-state index contributed by atoms with van der Waals surface area (Å²) in [5, 5.41) is 19.4. The molecule has 0 saturated carbocycles. The lowest BCUT2D eigenvalue weighted by Gasteiger charge is -2.08. The minimum atomic E-state index is -1.09. The van der Waals surface area contributed by atoms with E-state index >= 15 is 0 Å². The molecule has 0 fully saturated rings. The largest absolute Gasteiger partial charge is 0.478 e. The smallest absolute Gasteiger partial charge is 0.335 e. The molecule has 20 heavy (non-hydrogen) atoms. The van der Waals surface area contributed by atoms with Crippen LogP contribution in [0.5, 0.6) is 0 Å². The lowest BCUT2D eigenvalue weighted by atomic mass is 9.96. The maximum atomic E-state index is 11.0. The first kappa shape index (κ1) is 13.5. The summed E-state index contributed by atoms with van der Waals surface area (Å²) in [5.74, 6) is -2.17. The standard InChI is InChI=1S/C16H12O4/c1-9(15(17)18)11-6-7-14-12(8-11)4-3-5-13(14)10(2)16(19)20/h3-8H,1-2H2,(H,17,18)(H,19,20). The summed E-state index contributed by atoms with van der Waals surface area (Å²) in [6.45, 7) is 7.05. The highest BCUT2D eigenvalue weighted by molar-refractivity contribution is 6.19. The summed E-state index contributed by atoms with van der Waals surface area (Å²) in [6.07, 6.45) is 0. The molecule has 100 valence electrons. The second-order valence-electron chi connectivity index (χ2n) is 4.31. The van der Waals surface area contributed by atoms with Crippen LogP contribution >= 0.6 is 0 Å². The van der Waals surface area contributed by atoms with Crippen LogP contribution in [0, 0.1) is 0 Å². The lowest BCUT2D eigenvalue weighted by molar-refractivity contribution is -0.131. The number of carboxylic acid groups (broad SMARTS) is 2. The highest BCUT2D eigenvalue weighted by Gasteiger charge is 2.12. The van der Waals surface area contributed by atoms with E-state index in [1.165, 1.54) is 0 Å². The molecule has 0 atom stereocenters. The van der Waals surface area contributed by atoms with Gasteiger partial charge in [0.1, 0.15) is 0 Å². The molecule has 0 amide bonds. The summed E-state index contributed by atoms with van der Waals surface area (Å²) >= 11 is 0. The summed E-state index contributed by atoms with van der Waals surface area (Å²) in [5.41, 5.74) is 1.00. The Morgan fingerprint density at radius 1 is 0.900 bits per heavy atom. The molecule has 0 aliphatic heterocycles. The van der Waals surface area contributed by atoms with Gasteiger partial charge in [-0.1, -0.05) is 43.5 Å². The SMILES string of the molecule is C=C(C(=O)O)c1ccc2c(C(=C)C(=O)O)cccc2c1. The predicted molar refractivity (Wildman–Crippen MR) is 77.3 cm³/mol. The molecule has 0 spiro atoms. The normalized spacial score (nSPS) is 10.2. The Labute approximate surface area is 115 Å². The molecule has 0 bridgehead atoms. The van der Waals surface area contributed by atoms with Crippen LogP contribution in [0.2, 0.25) is 0 Å². The van der Waals surface area contributed by atoms with Crippen molar-refractivity contribution in [3.8, 4) is 0 Å². The third kappa shape index (κ3) is 2.31. The highest BCUT2D eigenvalue weighted by atomic mass is 16.4.